The van der Waals surface area contributed by atoms with Gasteiger partial charge in [0.15, 0.2) is 4.80 Å². The lowest BCUT2D eigenvalue weighted by Gasteiger charge is -2.06. The topological polar surface area (TPSA) is 96.2 Å². The first-order chi connectivity index (χ1) is 15.0. The molecule has 1 amide bonds. The Hall–Kier alpha value is -3.46. The monoisotopic (exact) mass is 442 g/mol. The maximum Gasteiger partial charge on any atom is 0.337 e. The second kappa shape index (κ2) is 10.0. The fraction of sp³-hybridized carbons (Fsp3) is 0.273. The van der Waals surface area contributed by atoms with Gasteiger partial charge in [0.25, 0.3) is 5.91 Å². The molecule has 0 atom stereocenters. The molecule has 2 aromatic carbocycles. The molecule has 0 saturated heterocycles. The van der Waals surface area contributed by atoms with Gasteiger partial charge in [-0.3, -0.25) is 9.59 Å². The molecule has 0 N–H and O–H groups in total. The quantitative estimate of drug-likeness (QED) is 0.522. The Labute approximate surface area is 182 Å². The van der Waals surface area contributed by atoms with Gasteiger partial charge in [-0.25, -0.2) is 4.79 Å². The van der Waals surface area contributed by atoms with E-state index in [2.05, 4.69) is 9.73 Å². The normalized spacial score (nSPS) is 11.4. The molecular formula is C22H22N2O6S. The molecule has 0 bridgehead atoms. The predicted molar refractivity (Wildman–Crippen MR) is 115 cm³/mol. The van der Waals surface area contributed by atoms with E-state index in [1.54, 1.807) is 17.6 Å². The summed E-state index contributed by atoms with van der Waals surface area (Å²) in [6, 6.07) is 11.5. The number of carbonyl (C=O) groups excluding carboxylic acids is 3. The zero-order chi connectivity index (χ0) is 22.4. The average Bonchev–Trinajstić information content (AvgIpc) is 3.09. The average molecular weight is 442 g/mol. The molecule has 0 aliphatic rings. The molecule has 0 unspecified atom stereocenters. The molecule has 8 nitrogen and oxygen atoms in total. The van der Waals surface area contributed by atoms with Crippen molar-refractivity contribution in [3.8, 4) is 5.75 Å². The number of rotatable bonds is 7. The second-order valence-electron chi connectivity index (χ2n) is 6.32. The molecule has 31 heavy (non-hydrogen) atoms. The van der Waals surface area contributed by atoms with Crippen molar-refractivity contribution in [1.82, 2.24) is 4.57 Å². The van der Waals surface area contributed by atoms with Gasteiger partial charge in [-0.2, -0.15) is 4.99 Å². The summed E-state index contributed by atoms with van der Waals surface area (Å²) in [4.78, 5) is 41.0. The van der Waals surface area contributed by atoms with Crippen molar-refractivity contribution in [2.75, 3.05) is 20.3 Å². The molecule has 3 rings (SSSR count). The number of carbonyl (C=O) groups is 3. The molecule has 0 spiro atoms. The number of aromatic nitrogens is 1. The number of thiazole rings is 1. The first-order valence-electron chi connectivity index (χ1n) is 9.66. The zero-order valence-electron chi connectivity index (χ0n) is 17.4. The summed E-state index contributed by atoms with van der Waals surface area (Å²) in [5.74, 6) is -0.716. The first-order valence-corrected chi connectivity index (χ1v) is 10.5. The third-order valence-corrected chi connectivity index (χ3v) is 5.35. The van der Waals surface area contributed by atoms with Gasteiger partial charge in [0.1, 0.15) is 12.3 Å². The summed E-state index contributed by atoms with van der Waals surface area (Å²) >= 11 is 1.27. The highest BCUT2D eigenvalue weighted by atomic mass is 32.1. The molecule has 0 radical (unpaired) electrons. The molecule has 1 aromatic heterocycles. The van der Waals surface area contributed by atoms with E-state index in [9.17, 15) is 14.4 Å². The highest BCUT2D eigenvalue weighted by Gasteiger charge is 2.14. The van der Waals surface area contributed by atoms with E-state index in [0.717, 1.165) is 10.2 Å². The number of amides is 1. The van der Waals surface area contributed by atoms with Gasteiger partial charge < -0.3 is 18.8 Å². The van der Waals surface area contributed by atoms with Crippen LogP contribution in [0, 0.1) is 0 Å². The standard InChI is InChI=1S/C22H22N2O6S/c1-4-29-16-10-11-17-18(12-16)31-22(24(17)13-19(25)30-5-2)23-20(26)14-6-8-15(9-7-14)21(27)28-3/h6-12H,4-5,13H2,1-3H3. The van der Waals surface area contributed by atoms with Gasteiger partial charge in [0.2, 0.25) is 0 Å². The molecule has 1 heterocycles. The molecular weight excluding hydrogens is 420 g/mol. The van der Waals surface area contributed by atoms with Crippen molar-refractivity contribution in [2.24, 2.45) is 4.99 Å². The van der Waals surface area contributed by atoms with Gasteiger partial charge >= 0.3 is 11.9 Å². The van der Waals surface area contributed by atoms with Gasteiger partial charge in [0, 0.05) is 5.56 Å². The van der Waals surface area contributed by atoms with E-state index >= 15 is 0 Å². The highest BCUT2D eigenvalue weighted by Crippen LogP contribution is 2.23. The third-order valence-electron chi connectivity index (χ3n) is 4.31. The van der Waals surface area contributed by atoms with Crippen LogP contribution in [0.5, 0.6) is 5.75 Å². The van der Waals surface area contributed by atoms with E-state index in [0.29, 0.717) is 28.3 Å². The fourth-order valence-corrected chi connectivity index (χ4v) is 3.96. The Morgan fingerprint density at radius 2 is 1.71 bits per heavy atom. The molecule has 9 heteroatoms. The first kappa shape index (κ1) is 22.2. The Morgan fingerprint density at radius 3 is 2.35 bits per heavy atom. The minimum absolute atomic E-state index is 0.0742. The lowest BCUT2D eigenvalue weighted by atomic mass is 10.1. The number of benzene rings is 2. The lowest BCUT2D eigenvalue weighted by molar-refractivity contribution is -0.143. The van der Waals surface area contributed by atoms with Crippen LogP contribution in [0.15, 0.2) is 47.5 Å². The third kappa shape index (κ3) is 5.18. The fourth-order valence-electron chi connectivity index (χ4n) is 2.90. The Morgan fingerprint density at radius 1 is 1.00 bits per heavy atom. The molecule has 0 saturated carbocycles. The summed E-state index contributed by atoms with van der Waals surface area (Å²) < 4.78 is 17.7. The number of fused-ring (bicyclic) bond motifs is 1. The molecule has 0 aliphatic heterocycles. The maximum atomic E-state index is 12.7. The van der Waals surface area contributed by atoms with Crippen LogP contribution in [-0.4, -0.2) is 42.7 Å². The van der Waals surface area contributed by atoms with Crippen molar-refractivity contribution in [2.45, 2.75) is 20.4 Å². The molecule has 3 aromatic rings. The van der Waals surface area contributed by atoms with Crippen LogP contribution in [-0.2, 0) is 20.8 Å². The largest absolute Gasteiger partial charge is 0.494 e. The SMILES string of the molecule is CCOC(=O)Cn1c(=NC(=O)c2ccc(C(=O)OC)cc2)sc2cc(OCC)ccc21. The van der Waals surface area contributed by atoms with Crippen molar-refractivity contribution >= 4 is 39.4 Å². The summed E-state index contributed by atoms with van der Waals surface area (Å²) in [6.45, 7) is 4.33. The Bertz CT molecular complexity index is 1180. The van der Waals surface area contributed by atoms with Crippen molar-refractivity contribution in [3.63, 3.8) is 0 Å². The molecule has 162 valence electrons. The second-order valence-corrected chi connectivity index (χ2v) is 7.33. The summed E-state index contributed by atoms with van der Waals surface area (Å²) in [5, 5.41) is 0. The number of esters is 2. The van der Waals surface area contributed by atoms with Crippen molar-refractivity contribution < 1.29 is 28.6 Å². The highest BCUT2D eigenvalue weighted by molar-refractivity contribution is 7.16. The van der Waals surface area contributed by atoms with Crippen LogP contribution in [0.4, 0.5) is 0 Å². The van der Waals surface area contributed by atoms with Crippen LogP contribution < -0.4 is 9.54 Å². The van der Waals surface area contributed by atoms with E-state index in [4.69, 9.17) is 9.47 Å². The van der Waals surface area contributed by atoms with Crippen molar-refractivity contribution in [1.29, 1.82) is 0 Å². The Kier molecular flexibility index (Phi) is 7.19. The predicted octanol–water partition coefficient (Wildman–Crippen LogP) is 3.19. The Balaban J connectivity index is 2.03. The van der Waals surface area contributed by atoms with E-state index in [-0.39, 0.29) is 13.2 Å². The van der Waals surface area contributed by atoms with Crippen LogP contribution in [0.25, 0.3) is 10.2 Å². The number of nitrogens with zero attached hydrogens (tertiary/aromatic N) is 2. The summed E-state index contributed by atoms with van der Waals surface area (Å²) in [5.41, 5.74) is 1.39. The van der Waals surface area contributed by atoms with Crippen LogP contribution in [0.1, 0.15) is 34.6 Å². The minimum atomic E-state index is -0.495. The molecule has 0 aliphatic carbocycles. The lowest BCUT2D eigenvalue weighted by Crippen LogP contribution is -2.23. The van der Waals surface area contributed by atoms with Crippen LogP contribution in [0.3, 0.4) is 0 Å². The summed E-state index contributed by atoms with van der Waals surface area (Å²) in [7, 11) is 1.29. The number of hydrogen-bond acceptors (Lipinski definition) is 7. The molecule has 0 fully saturated rings. The van der Waals surface area contributed by atoms with Gasteiger partial charge in [-0.15, -0.1) is 0 Å². The smallest absolute Gasteiger partial charge is 0.337 e. The van der Waals surface area contributed by atoms with E-state index < -0.39 is 17.8 Å². The number of hydrogen-bond donors (Lipinski definition) is 0. The van der Waals surface area contributed by atoms with Crippen molar-refractivity contribution in [3.05, 3.63) is 58.4 Å². The number of ether oxygens (including phenoxy) is 3. The van der Waals surface area contributed by atoms with E-state index in [1.807, 2.05) is 19.1 Å². The van der Waals surface area contributed by atoms with Gasteiger partial charge in [-0.05, 0) is 56.3 Å². The van der Waals surface area contributed by atoms with E-state index in [1.165, 1.54) is 42.7 Å². The maximum absolute atomic E-state index is 12.7. The summed E-state index contributed by atoms with van der Waals surface area (Å²) in [6.07, 6.45) is 0. The number of methoxy groups -OCH3 is 1. The minimum Gasteiger partial charge on any atom is -0.494 e. The van der Waals surface area contributed by atoms with Gasteiger partial charge in [-0.1, -0.05) is 11.3 Å². The van der Waals surface area contributed by atoms with Gasteiger partial charge in [0.05, 0.1) is 36.1 Å². The van der Waals surface area contributed by atoms with Crippen LogP contribution in [0.2, 0.25) is 0 Å². The zero-order valence-corrected chi connectivity index (χ0v) is 18.2. The van der Waals surface area contributed by atoms with Crippen LogP contribution >= 0.6 is 11.3 Å².